The number of phenolic OH excluding ortho intramolecular Hbond substituents is 1. The van der Waals surface area contributed by atoms with Gasteiger partial charge in [-0.2, -0.15) is 5.10 Å². The summed E-state index contributed by atoms with van der Waals surface area (Å²) in [5.74, 6) is -1.21. The van der Waals surface area contributed by atoms with Crippen molar-refractivity contribution in [2.24, 2.45) is 0 Å². The molecule has 0 amide bonds. The number of ether oxygens (including phenoxy) is 1. The topological polar surface area (TPSA) is 120 Å². The molecule has 0 fully saturated rings. The molecule has 150 valence electrons. The Kier molecular flexibility index (Phi) is 4.59. The number of nitro benzene ring substituents is 1. The van der Waals surface area contributed by atoms with Crippen molar-refractivity contribution in [2.75, 3.05) is 7.11 Å². The van der Waals surface area contributed by atoms with E-state index in [4.69, 9.17) is 4.74 Å². The maximum absolute atomic E-state index is 13.5. The molecule has 0 aliphatic rings. The Labute approximate surface area is 168 Å². The maximum atomic E-state index is 13.5. The summed E-state index contributed by atoms with van der Waals surface area (Å²) in [6.07, 6.45) is 2.67. The average Bonchev–Trinajstić information content (AvgIpc) is 3.16. The Hall–Kier alpha value is -4.34. The molecule has 0 atom stereocenters. The van der Waals surface area contributed by atoms with Crippen LogP contribution in [0.15, 0.2) is 54.9 Å². The van der Waals surface area contributed by atoms with Crippen molar-refractivity contribution in [3.63, 3.8) is 0 Å². The minimum absolute atomic E-state index is 0.0685. The molecule has 2 aromatic heterocycles. The van der Waals surface area contributed by atoms with Crippen LogP contribution in [0, 0.1) is 15.9 Å². The van der Waals surface area contributed by atoms with Crippen molar-refractivity contribution >= 4 is 17.1 Å². The summed E-state index contributed by atoms with van der Waals surface area (Å²) >= 11 is 0. The molecule has 2 aromatic carbocycles. The molecule has 0 aliphatic heterocycles. The molecular weight excluding hydrogens is 395 g/mol. The molecule has 1 N–H and O–H groups in total. The lowest BCUT2D eigenvalue weighted by atomic mass is 10.0. The third kappa shape index (κ3) is 3.30. The number of hydrogen-bond acceptors (Lipinski definition) is 7. The Morgan fingerprint density at radius 3 is 2.77 bits per heavy atom. The number of carbonyl (C=O) groups is 1. The van der Waals surface area contributed by atoms with Crippen LogP contribution in [0.1, 0.15) is 15.9 Å². The summed E-state index contributed by atoms with van der Waals surface area (Å²) in [7, 11) is 1.41. The van der Waals surface area contributed by atoms with Crippen molar-refractivity contribution < 1.29 is 24.0 Å². The number of methoxy groups -OCH3 is 1. The zero-order chi connectivity index (χ0) is 21.4. The SMILES string of the molecule is COc1cc(F)ccc1-c1cc2ncc(C(=O)c3cc([N+](=O)[O-])ccc3O)cn2n1. The van der Waals surface area contributed by atoms with Gasteiger partial charge in [-0.25, -0.2) is 13.9 Å². The van der Waals surface area contributed by atoms with E-state index in [-0.39, 0.29) is 28.3 Å². The number of halogens is 1. The van der Waals surface area contributed by atoms with Gasteiger partial charge in [-0.1, -0.05) is 0 Å². The second kappa shape index (κ2) is 7.24. The number of rotatable bonds is 5. The van der Waals surface area contributed by atoms with Crippen LogP contribution in [0.25, 0.3) is 16.9 Å². The van der Waals surface area contributed by atoms with Gasteiger partial charge in [-0.3, -0.25) is 14.9 Å². The minimum atomic E-state index is -0.659. The van der Waals surface area contributed by atoms with E-state index in [9.17, 15) is 24.4 Å². The number of aromatic hydroxyl groups is 1. The second-order valence-electron chi connectivity index (χ2n) is 6.31. The molecule has 4 rings (SSSR count). The van der Waals surface area contributed by atoms with Gasteiger partial charge in [-0.15, -0.1) is 0 Å². The zero-order valence-corrected chi connectivity index (χ0v) is 15.4. The van der Waals surface area contributed by atoms with Crippen molar-refractivity contribution in [1.82, 2.24) is 14.6 Å². The molecule has 2 heterocycles. The van der Waals surface area contributed by atoms with E-state index < -0.39 is 16.5 Å². The van der Waals surface area contributed by atoms with Crippen molar-refractivity contribution in [3.05, 3.63) is 81.9 Å². The third-order valence-corrected chi connectivity index (χ3v) is 4.45. The van der Waals surface area contributed by atoms with Gasteiger partial charge < -0.3 is 9.84 Å². The lowest BCUT2D eigenvalue weighted by Gasteiger charge is -2.05. The molecule has 4 aromatic rings. The van der Waals surface area contributed by atoms with Crippen LogP contribution in [-0.2, 0) is 0 Å². The highest BCUT2D eigenvalue weighted by Gasteiger charge is 2.20. The van der Waals surface area contributed by atoms with Crippen LogP contribution in [0.3, 0.4) is 0 Å². The quantitative estimate of drug-likeness (QED) is 0.305. The van der Waals surface area contributed by atoms with E-state index in [2.05, 4.69) is 10.1 Å². The monoisotopic (exact) mass is 408 g/mol. The van der Waals surface area contributed by atoms with E-state index in [1.165, 1.54) is 42.2 Å². The zero-order valence-electron chi connectivity index (χ0n) is 15.4. The van der Waals surface area contributed by atoms with Crippen LogP contribution < -0.4 is 4.74 Å². The van der Waals surface area contributed by atoms with Gasteiger partial charge >= 0.3 is 0 Å². The number of phenols is 1. The number of ketones is 1. The van der Waals surface area contributed by atoms with Crippen LogP contribution in [0.4, 0.5) is 10.1 Å². The van der Waals surface area contributed by atoms with Gasteiger partial charge in [0.05, 0.1) is 28.9 Å². The fraction of sp³-hybridized carbons (Fsp3) is 0.0500. The van der Waals surface area contributed by atoms with Crippen LogP contribution >= 0.6 is 0 Å². The molecule has 0 radical (unpaired) electrons. The first-order valence-corrected chi connectivity index (χ1v) is 8.59. The molecule has 0 spiro atoms. The number of fused-ring (bicyclic) bond motifs is 1. The van der Waals surface area contributed by atoms with E-state index in [0.29, 0.717) is 16.9 Å². The Morgan fingerprint density at radius 2 is 2.03 bits per heavy atom. The minimum Gasteiger partial charge on any atom is -0.507 e. The first-order valence-electron chi connectivity index (χ1n) is 8.59. The van der Waals surface area contributed by atoms with Crippen LogP contribution in [0.5, 0.6) is 11.5 Å². The Balaban J connectivity index is 1.76. The van der Waals surface area contributed by atoms with Crippen molar-refractivity contribution in [3.8, 4) is 22.8 Å². The first-order chi connectivity index (χ1) is 14.4. The molecule has 30 heavy (non-hydrogen) atoms. The highest BCUT2D eigenvalue weighted by atomic mass is 19.1. The molecule has 9 nitrogen and oxygen atoms in total. The van der Waals surface area contributed by atoms with E-state index in [1.54, 1.807) is 6.07 Å². The molecule has 10 heteroatoms. The summed E-state index contributed by atoms with van der Waals surface area (Å²) in [6, 6.07) is 8.84. The number of non-ortho nitro benzene ring substituents is 1. The predicted molar refractivity (Wildman–Crippen MR) is 103 cm³/mol. The predicted octanol–water partition coefficient (Wildman–Crippen LogP) is 3.39. The number of carbonyl (C=O) groups excluding carboxylic acids is 1. The van der Waals surface area contributed by atoms with Gasteiger partial charge in [0.2, 0.25) is 0 Å². The smallest absolute Gasteiger partial charge is 0.270 e. The Morgan fingerprint density at radius 1 is 1.23 bits per heavy atom. The first kappa shape index (κ1) is 19.0. The standard InChI is InChI=1S/C20H13FN4O5/c1-30-18-6-12(21)2-4-14(18)16-8-19-22-9-11(10-24(19)23-16)20(27)15-7-13(25(28)29)3-5-17(15)26/h2-10,26H,1H3. The summed E-state index contributed by atoms with van der Waals surface area (Å²) < 4.78 is 20.0. The summed E-state index contributed by atoms with van der Waals surface area (Å²) in [6.45, 7) is 0. The summed E-state index contributed by atoms with van der Waals surface area (Å²) in [5, 5.41) is 25.3. The molecule has 0 saturated heterocycles. The van der Waals surface area contributed by atoms with Crippen LogP contribution in [-0.4, -0.2) is 37.5 Å². The third-order valence-electron chi connectivity index (χ3n) is 4.45. The van der Waals surface area contributed by atoms with Gasteiger partial charge in [0.15, 0.2) is 11.4 Å². The summed E-state index contributed by atoms with van der Waals surface area (Å²) in [4.78, 5) is 27.3. The molecule has 0 unspecified atom stereocenters. The summed E-state index contributed by atoms with van der Waals surface area (Å²) in [5.41, 5.74) is 0.916. The number of nitrogens with zero attached hydrogens (tertiary/aromatic N) is 4. The van der Waals surface area contributed by atoms with Crippen molar-refractivity contribution in [2.45, 2.75) is 0 Å². The average molecular weight is 408 g/mol. The fourth-order valence-electron chi connectivity index (χ4n) is 2.98. The van der Waals surface area contributed by atoms with Gasteiger partial charge in [0.25, 0.3) is 5.69 Å². The second-order valence-corrected chi connectivity index (χ2v) is 6.31. The van der Waals surface area contributed by atoms with E-state index >= 15 is 0 Å². The highest BCUT2D eigenvalue weighted by molar-refractivity contribution is 6.10. The highest BCUT2D eigenvalue weighted by Crippen LogP contribution is 2.30. The maximum Gasteiger partial charge on any atom is 0.270 e. The largest absolute Gasteiger partial charge is 0.507 e. The van der Waals surface area contributed by atoms with Crippen LogP contribution in [0.2, 0.25) is 0 Å². The fourth-order valence-corrected chi connectivity index (χ4v) is 2.98. The number of aromatic nitrogens is 3. The lowest BCUT2D eigenvalue weighted by Crippen LogP contribution is -2.05. The van der Waals surface area contributed by atoms with Gasteiger partial charge in [0, 0.05) is 42.2 Å². The molecule has 0 saturated carbocycles. The van der Waals surface area contributed by atoms with Gasteiger partial charge in [0.1, 0.15) is 17.3 Å². The Bertz CT molecular complexity index is 1320. The number of benzene rings is 2. The van der Waals surface area contributed by atoms with E-state index in [1.807, 2.05) is 0 Å². The van der Waals surface area contributed by atoms with Crippen molar-refractivity contribution in [1.29, 1.82) is 0 Å². The normalized spacial score (nSPS) is 10.9. The number of hydrogen-bond donors (Lipinski definition) is 1. The van der Waals surface area contributed by atoms with E-state index in [0.717, 1.165) is 18.2 Å². The lowest BCUT2D eigenvalue weighted by molar-refractivity contribution is -0.384. The molecule has 0 aliphatic carbocycles. The molecular formula is C20H13FN4O5. The number of nitro groups is 1. The molecule has 0 bridgehead atoms. The van der Waals surface area contributed by atoms with Gasteiger partial charge in [-0.05, 0) is 18.2 Å².